The van der Waals surface area contributed by atoms with Crippen LogP contribution in [0.1, 0.15) is 6.92 Å². The van der Waals surface area contributed by atoms with Crippen molar-refractivity contribution in [1.29, 1.82) is 0 Å². The standard InChI is InChI=1S/C6H8ClF3/c1-4(6(9)10)2-3-5(7)8/h2-6H,1H3. The van der Waals surface area contributed by atoms with E-state index in [1.54, 1.807) is 0 Å². The van der Waals surface area contributed by atoms with Crippen molar-refractivity contribution in [3.63, 3.8) is 0 Å². The second-order valence-electron chi connectivity index (χ2n) is 1.91. The molecular formula is C6H8ClF3. The molecule has 0 aromatic carbocycles. The van der Waals surface area contributed by atoms with Crippen LogP contribution in [0.5, 0.6) is 0 Å². The Bertz CT molecular complexity index is 112. The summed E-state index contributed by atoms with van der Waals surface area (Å²) in [6, 6.07) is 0. The fourth-order valence-corrected chi connectivity index (χ4v) is 0.427. The zero-order valence-electron chi connectivity index (χ0n) is 5.40. The maximum atomic E-state index is 11.8. The Morgan fingerprint density at radius 2 is 1.70 bits per heavy atom. The molecule has 60 valence electrons. The van der Waals surface area contributed by atoms with Crippen LogP contribution in [0.2, 0.25) is 0 Å². The number of rotatable bonds is 3. The van der Waals surface area contributed by atoms with Gasteiger partial charge in [0.15, 0.2) is 5.63 Å². The molecule has 0 saturated carbocycles. The number of halogens is 4. The monoisotopic (exact) mass is 172 g/mol. The van der Waals surface area contributed by atoms with E-state index < -0.39 is 18.0 Å². The summed E-state index contributed by atoms with van der Waals surface area (Å²) in [7, 11) is 0. The third-order valence-electron chi connectivity index (χ3n) is 0.958. The Morgan fingerprint density at radius 3 is 2.00 bits per heavy atom. The predicted octanol–water partition coefficient (Wildman–Crippen LogP) is 2.98. The van der Waals surface area contributed by atoms with Gasteiger partial charge in [0.1, 0.15) is 0 Å². The Kier molecular flexibility index (Phi) is 4.52. The zero-order valence-corrected chi connectivity index (χ0v) is 6.15. The quantitative estimate of drug-likeness (QED) is 0.454. The first-order chi connectivity index (χ1) is 4.54. The number of hydrogen-bond donors (Lipinski definition) is 0. The molecule has 2 atom stereocenters. The number of allylic oxidation sites excluding steroid dienone is 2. The summed E-state index contributed by atoms with van der Waals surface area (Å²) >= 11 is 4.83. The van der Waals surface area contributed by atoms with Crippen molar-refractivity contribution >= 4 is 11.6 Å². The van der Waals surface area contributed by atoms with Gasteiger partial charge < -0.3 is 0 Å². The second-order valence-corrected chi connectivity index (χ2v) is 2.33. The van der Waals surface area contributed by atoms with Crippen LogP contribution in [0.4, 0.5) is 13.2 Å². The largest absolute Gasteiger partial charge is 0.244 e. The summed E-state index contributed by atoms with van der Waals surface area (Å²) in [4.78, 5) is 0. The first-order valence-corrected chi connectivity index (χ1v) is 3.22. The minimum Gasteiger partial charge on any atom is -0.225 e. The summed E-state index contributed by atoms with van der Waals surface area (Å²) in [6.45, 7) is 1.29. The molecule has 0 amide bonds. The molecular weight excluding hydrogens is 165 g/mol. The molecule has 0 aliphatic heterocycles. The molecule has 0 spiro atoms. The van der Waals surface area contributed by atoms with E-state index in [0.717, 1.165) is 12.2 Å². The lowest BCUT2D eigenvalue weighted by atomic mass is 10.2. The highest BCUT2D eigenvalue weighted by atomic mass is 35.5. The maximum absolute atomic E-state index is 11.8. The number of alkyl halides is 4. The molecule has 2 unspecified atom stereocenters. The molecule has 0 aliphatic rings. The zero-order chi connectivity index (χ0) is 8.15. The fraction of sp³-hybridized carbons (Fsp3) is 0.667. The fourth-order valence-electron chi connectivity index (χ4n) is 0.343. The van der Waals surface area contributed by atoms with Crippen LogP contribution in [0.15, 0.2) is 12.2 Å². The van der Waals surface area contributed by atoms with Crippen LogP contribution in [-0.4, -0.2) is 12.1 Å². The molecule has 4 heteroatoms. The smallest absolute Gasteiger partial charge is 0.225 e. The summed E-state index contributed by atoms with van der Waals surface area (Å²) in [5.41, 5.74) is -1.67. The third-order valence-corrected chi connectivity index (χ3v) is 1.10. The molecule has 0 aliphatic carbocycles. The first kappa shape index (κ1) is 9.82. The lowest BCUT2D eigenvalue weighted by Gasteiger charge is -2.01. The Balaban J connectivity index is 3.66. The van der Waals surface area contributed by atoms with Crippen molar-refractivity contribution in [2.45, 2.75) is 19.0 Å². The Labute approximate surface area is 62.7 Å². The van der Waals surface area contributed by atoms with Crippen molar-refractivity contribution in [3.8, 4) is 0 Å². The van der Waals surface area contributed by atoms with E-state index in [2.05, 4.69) is 0 Å². The van der Waals surface area contributed by atoms with Gasteiger partial charge in [-0.05, 0) is 6.08 Å². The number of hydrogen-bond acceptors (Lipinski definition) is 0. The van der Waals surface area contributed by atoms with Crippen LogP contribution in [0.3, 0.4) is 0 Å². The molecule has 0 fully saturated rings. The molecule has 0 aromatic rings. The van der Waals surface area contributed by atoms with E-state index in [1.165, 1.54) is 6.92 Å². The van der Waals surface area contributed by atoms with E-state index >= 15 is 0 Å². The van der Waals surface area contributed by atoms with Gasteiger partial charge in [0.05, 0.1) is 0 Å². The van der Waals surface area contributed by atoms with Gasteiger partial charge in [-0.25, -0.2) is 13.2 Å². The van der Waals surface area contributed by atoms with Crippen molar-refractivity contribution in [2.24, 2.45) is 5.92 Å². The van der Waals surface area contributed by atoms with Gasteiger partial charge in [0.2, 0.25) is 6.43 Å². The summed E-state index contributed by atoms with van der Waals surface area (Å²) in [5.74, 6) is -0.933. The van der Waals surface area contributed by atoms with Crippen LogP contribution in [0, 0.1) is 5.92 Å². The van der Waals surface area contributed by atoms with E-state index in [4.69, 9.17) is 11.6 Å². The average Bonchev–Trinajstić information content (AvgIpc) is 1.82. The van der Waals surface area contributed by atoms with Crippen molar-refractivity contribution < 1.29 is 13.2 Å². The van der Waals surface area contributed by atoms with Gasteiger partial charge >= 0.3 is 0 Å². The van der Waals surface area contributed by atoms with Gasteiger partial charge in [-0.3, -0.25) is 0 Å². The Hall–Kier alpha value is -0.180. The van der Waals surface area contributed by atoms with Gasteiger partial charge in [-0.15, -0.1) is 0 Å². The van der Waals surface area contributed by atoms with Gasteiger partial charge in [-0.1, -0.05) is 24.6 Å². The van der Waals surface area contributed by atoms with Gasteiger partial charge in [0.25, 0.3) is 0 Å². The lowest BCUT2D eigenvalue weighted by molar-refractivity contribution is 0.108. The van der Waals surface area contributed by atoms with E-state index in [-0.39, 0.29) is 0 Å². The van der Waals surface area contributed by atoms with Crippen LogP contribution < -0.4 is 0 Å². The lowest BCUT2D eigenvalue weighted by Crippen LogP contribution is -2.02. The van der Waals surface area contributed by atoms with Crippen molar-refractivity contribution in [2.75, 3.05) is 0 Å². The molecule has 0 nitrogen and oxygen atoms in total. The molecule has 0 radical (unpaired) electrons. The molecule has 10 heavy (non-hydrogen) atoms. The molecule has 0 rings (SSSR count). The van der Waals surface area contributed by atoms with Gasteiger partial charge in [-0.2, -0.15) is 0 Å². The minimum atomic E-state index is -2.45. The highest BCUT2D eigenvalue weighted by Gasteiger charge is 2.10. The average molecular weight is 173 g/mol. The highest BCUT2D eigenvalue weighted by molar-refractivity contribution is 6.20. The Morgan fingerprint density at radius 1 is 1.20 bits per heavy atom. The molecule has 0 N–H and O–H groups in total. The van der Waals surface area contributed by atoms with Gasteiger partial charge in [0, 0.05) is 5.92 Å². The first-order valence-electron chi connectivity index (χ1n) is 2.78. The SMILES string of the molecule is CC(C=CC(F)Cl)C(F)F. The molecule has 0 bridgehead atoms. The summed E-state index contributed by atoms with van der Waals surface area (Å²) < 4.78 is 35.1. The van der Waals surface area contributed by atoms with Crippen molar-refractivity contribution in [1.82, 2.24) is 0 Å². The van der Waals surface area contributed by atoms with E-state index in [9.17, 15) is 13.2 Å². The molecule has 0 aromatic heterocycles. The highest BCUT2D eigenvalue weighted by Crippen LogP contribution is 2.11. The molecule has 0 heterocycles. The minimum absolute atomic E-state index is 0.901. The normalized spacial score (nSPS) is 18.2. The summed E-state index contributed by atoms with van der Waals surface area (Å²) in [5, 5.41) is 0. The summed E-state index contributed by atoms with van der Waals surface area (Å²) in [6.07, 6.45) is -0.493. The van der Waals surface area contributed by atoms with E-state index in [1.807, 2.05) is 0 Å². The van der Waals surface area contributed by atoms with Crippen LogP contribution in [0.25, 0.3) is 0 Å². The second kappa shape index (κ2) is 4.61. The van der Waals surface area contributed by atoms with Crippen molar-refractivity contribution in [3.05, 3.63) is 12.2 Å². The maximum Gasteiger partial charge on any atom is 0.244 e. The van der Waals surface area contributed by atoms with E-state index in [0.29, 0.717) is 0 Å². The van der Waals surface area contributed by atoms with Crippen LogP contribution >= 0.6 is 11.6 Å². The topological polar surface area (TPSA) is 0 Å². The predicted molar refractivity (Wildman–Crippen MR) is 35.1 cm³/mol. The third kappa shape index (κ3) is 4.68. The molecule has 0 saturated heterocycles. The van der Waals surface area contributed by atoms with Crippen LogP contribution in [-0.2, 0) is 0 Å².